The molecule has 1 aromatic heterocycles. The zero-order valence-electron chi connectivity index (χ0n) is 31.4. The summed E-state index contributed by atoms with van der Waals surface area (Å²) in [5.41, 5.74) is 4.82. The van der Waals surface area contributed by atoms with Crippen molar-refractivity contribution in [3.05, 3.63) is 96.4 Å². The van der Waals surface area contributed by atoms with E-state index in [0.717, 1.165) is 70.2 Å². The molecule has 1 N–H and O–H groups in total. The fraction of sp³-hybridized carbons (Fsp3) is 0.364. The fourth-order valence-electron chi connectivity index (χ4n) is 6.39. The summed E-state index contributed by atoms with van der Waals surface area (Å²) < 4.78 is 8.09. The first-order chi connectivity index (χ1) is 23.2. The Balaban J connectivity index is 0.000000269. The Hall–Kier alpha value is -3.25. The molecule has 0 saturated heterocycles. The molecule has 6 rings (SSSR count). The Morgan fingerprint density at radius 1 is 0.880 bits per heavy atom. The zero-order valence-corrected chi connectivity index (χ0v) is 35.9. The number of carbonyl (C=O) groups excluding carboxylic acids is 1. The molecule has 1 radical (unpaired) electrons. The minimum atomic E-state index is -1.83. The summed E-state index contributed by atoms with van der Waals surface area (Å²) in [5.74, 6) is 9.31. The van der Waals surface area contributed by atoms with Gasteiger partial charge in [0, 0.05) is 37.0 Å². The van der Waals surface area contributed by atoms with Crippen molar-refractivity contribution in [2.45, 2.75) is 91.4 Å². The molecule has 0 fully saturated rings. The predicted molar refractivity (Wildman–Crippen MR) is 210 cm³/mol. The van der Waals surface area contributed by atoms with Gasteiger partial charge in [0.15, 0.2) is 5.78 Å². The second-order valence-electron chi connectivity index (χ2n) is 15.1. The zero-order chi connectivity index (χ0) is 35.7. The third-order valence-corrected chi connectivity index (χ3v) is 15.5. The number of hydrogen-bond acceptors (Lipinski definition) is 4. The standard InChI is InChI=1S/C29H24GeNO.C15H28O2.Ir/c1-18-24-8-6-5-7-20(24)16-25-28-27-21(13-14-31-28)15-22(17-26(27)32-29(18)25)19-9-11-23(12-10-19)30(2,3)4;1-7-14(5,8-2)12(16)11-13(17)15(6,9-3)10-4;/h5-15,17H,1-4H3;11,16H,7-10H2,1-6H3;/q-1;;/b;12-11-;. The Labute approximate surface area is 315 Å². The number of aryl methyl sites for hydroxylation is 1. The Morgan fingerprint density at radius 2 is 1.50 bits per heavy atom. The molecule has 0 atom stereocenters. The van der Waals surface area contributed by atoms with Crippen LogP contribution >= 0.6 is 0 Å². The van der Waals surface area contributed by atoms with Crippen molar-refractivity contribution >= 4 is 45.0 Å². The first-order valence-corrected chi connectivity index (χ1v) is 25.2. The molecule has 0 amide bonds. The predicted octanol–water partition coefficient (Wildman–Crippen LogP) is 12.1. The van der Waals surface area contributed by atoms with Gasteiger partial charge in [0.2, 0.25) is 0 Å². The molecule has 0 unspecified atom stereocenters. The average molecular weight is 908 g/mol. The van der Waals surface area contributed by atoms with E-state index in [1.807, 2.05) is 47.7 Å². The summed E-state index contributed by atoms with van der Waals surface area (Å²) in [6.45, 7) is 14.2. The van der Waals surface area contributed by atoms with Gasteiger partial charge in [0.05, 0.1) is 0 Å². The first-order valence-electron chi connectivity index (χ1n) is 17.8. The van der Waals surface area contributed by atoms with Gasteiger partial charge in [0.1, 0.15) is 5.76 Å². The smallest absolute Gasteiger partial charge is 0 e. The minimum absolute atomic E-state index is 0. The van der Waals surface area contributed by atoms with Crippen molar-refractivity contribution in [2.75, 3.05) is 0 Å². The van der Waals surface area contributed by atoms with Crippen molar-refractivity contribution in [3.8, 4) is 33.9 Å². The fourth-order valence-corrected chi connectivity index (χ4v) is 8.83. The molecule has 5 aromatic rings. The topological polar surface area (TPSA) is 59.4 Å². The number of ether oxygens (including phenoxy) is 1. The number of ketones is 1. The number of allylic oxidation sites excluding steroid dienone is 2. The third-order valence-electron chi connectivity index (χ3n) is 11.1. The summed E-state index contributed by atoms with van der Waals surface area (Å²) in [6.07, 6.45) is 6.65. The van der Waals surface area contributed by atoms with Gasteiger partial charge in [-0.15, -0.1) is 6.07 Å². The number of benzene rings is 4. The number of aliphatic hydroxyl groups is 1. The van der Waals surface area contributed by atoms with Gasteiger partial charge in [-0.3, -0.25) is 4.79 Å². The van der Waals surface area contributed by atoms with Crippen LogP contribution in [0.15, 0.2) is 84.8 Å². The van der Waals surface area contributed by atoms with Crippen molar-refractivity contribution in [1.29, 1.82) is 0 Å². The molecule has 0 bridgehead atoms. The molecule has 0 spiro atoms. The summed E-state index contributed by atoms with van der Waals surface area (Å²) >= 11 is -1.83. The molecule has 4 aromatic carbocycles. The molecule has 265 valence electrons. The number of fused-ring (bicyclic) bond motifs is 3. The van der Waals surface area contributed by atoms with Crippen molar-refractivity contribution in [3.63, 3.8) is 0 Å². The Morgan fingerprint density at radius 3 is 2.10 bits per heavy atom. The summed E-state index contributed by atoms with van der Waals surface area (Å²) in [6, 6.07) is 27.5. The number of aliphatic hydroxyl groups excluding tert-OH is 1. The van der Waals surface area contributed by atoms with E-state index in [-0.39, 0.29) is 42.5 Å². The summed E-state index contributed by atoms with van der Waals surface area (Å²) in [7, 11) is 0. The number of hydrogen-bond donors (Lipinski definition) is 1. The van der Waals surface area contributed by atoms with Gasteiger partial charge < -0.3 is 5.11 Å². The largest absolute Gasteiger partial charge is 0 e. The second-order valence-corrected chi connectivity index (χ2v) is 25.7. The minimum Gasteiger partial charge on any atom is 0 e. The van der Waals surface area contributed by atoms with E-state index in [2.05, 4.69) is 97.0 Å². The normalized spacial score (nSPS) is 12.8. The quantitative estimate of drug-likeness (QED) is 0.0680. The Bertz CT molecular complexity index is 2030. The summed E-state index contributed by atoms with van der Waals surface area (Å²) in [4.78, 5) is 16.9. The molecule has 0 saturated carbocycles. The number of pyridine rings is 1. The van der Waals surface area contributed by atoms with E-state index in [1.54, 1.807) is 0 Å². The van der Waals surface area contributed by atoms with Crippen molar-refractivity contribution in [1.82, 2.24) is 4.98 Å². The van der Waals surface area contributed by atoms with Crippen LogP contribution in [0.1, 0.15) is 72.8 Å². The van der Waals surface area contributed by atoms with Gasteiger partial charge in [-0.05, 0) is 25.7 Å². The van der Waals surface area contributed by atoms with Crippen LogP contribution in [-0.2, 0) is 24.9 Å². The van der Waals surface area contributed by atoms with E-state index in [1.165, 1.54) is 27.0 Å². The van der Waals surface area contributed by atoms with E-state index < -0.39 is 13.3 Å². The van der Waals surface area contributed by atoms with Crippen LogP contribution in [0.5, 0.6) is 11.5 Å². The first kappa shape index (κ1) is 39.5. The van der Waals surface area contributed by atoms with Gasteiger partial charge in [-0.1, -0.05) is 53.7 Å². The third kappa shape index (κ3) is 7.66. The molecule has 1 aliphatic rings. The monoisotopic (exact) mass is 909 g/mol. The SMILES string of the molecule is CCC(C)(CC)C(=O)/C=C(\O)C(C)(CC)CC.Cc1c2c([c-]c3ccccc13)-c1nccc3cc(-c4cc[c]([Ge]([CH3])([CH3])[CH3])cc4)cc(c13)O2.[Ir]. The van der Waals surface area contributed by atoms with Gasteiger partial charge in [-0.2, -0.15) is 0 Å². The average Bonchev–Trinajstić information content (AvgIpc) is 3.11. The van der Waals surface area contributed by atoms with E-state index in [4.69, 9.17) is 9.72 Å². The van der Waals surface area contributed by atoms with Crippen LogP contribution < -0.4 is 9.13 Å². The maximum atomic E-state index is 12.2. The molecular formula is C44H52GeIrNO3-. The van der Waals surface area contributed by atoms with Crippen LogP contribution in [0.3, 0.4) is 0 Å². The van der Waals surface area contributed by atoms with Gasteiger partial charge in [0.25, 0.3) is 0 Å². The number of aromatic nitrogens is 1. The van der Waals surface area contributed by atoms with E-state index in [9.17, 15) is 9.90 Å². The second kappa shape index (κ2) is 15.6. The van der Waals surface area contributed by atoms with Crippen molar-refractivity contribution < 1.29 is 34.7 Å². The number of rotatable bonds is 9. The summed E-state index contributed by atoms with van der Waals surface area (Å²) in [5, 5.41) is 14.6. The van der Waals surface area contributed by atoms with Crippen LogP contribution in [0.2, 0.25) is 17.3 Å². The molecule has 6 heteroatoms. The van der Waals surface area contributed by atoms with Crippen LogP contribution in [0.4, 0.5) is 0 Å². The maximum Gasteiger partial charge on any atom is 0 e. The van der Waals surface area contributed by atoms with Crippen LogP contribution in [0.25, 0.3) is 43.9 Å². The molecule has 0 aliphatic carbocycles. The number of nitrogens with zero attached hydrogens (tertiary/aromatic N) is 1. The molecule has 2 heterocycles. The Kier molecular flexibility index (Phi) is 12.3. The van der Waals surface area contributed by atoms with Gasteiger partial charge >= 0.3 is 173 Å². The van der Waals surface area contributed by atoms with E-state index in [0.29, 0.717) is 0 Å². The van der Waals surface area contributed by atoms with Crippen LogP contribution in [0, 0.1) is 23.8 Å². The molecule has 50 heavy (non-hydrogen) atoms. The maximum absolute atomic E-state index is 12.2. The molecule has 4 nitrogen and oxygen atoms in total. The van der Waals surface area contributed by atoms with Gasteiger partial charge in [-0.25, -0.2) is 0 Å². The number of carbonyl (C=O) groups is 1. The van der Waals surface area contributed by atoms with Crippen molar-refractivity contribution in [2.24, 2.45) is 10.8 Å². The molecule has 1 aliphatic heterocycles. The molecular weight excluding hydrogens is 855 g/mol. The van der Waals surface area contributed by atoms with E-state index >= 15 is 0 Å². The van der Waals surface area contributed by atoms with Crippen LogP contribution in [-0.4, -0.2) is 29.1 Å².